The average Bonchev–Trinajstić information content (AvgIpc) is 3.49. The molecule has 2 aromatic carbocycles. The van der Waals surface area contributed by atoms with E-state index < -0.39 is 0 Å². The Labute approximate surface area is 187 Å². The monoisotopic (exact) mass is 438 g/mol. The largest absolute Gasteiger partial charge is 0.376 e. The zero-order valence-corrected chi connectivity index (χ0v) is 18.2. The highest BCUT2D eigenvalue weighted by Crippen LogP contribution is 2.33. The number of benzene rings is 2. The van der Waals surface area contributed by atoms with Crippen molar-refractivity contribution in [2.75, 3.05) is 37.7 Å². The predicted molar refractivity (Wildman–Crippen MR) is 120 cm³/mol. The van der Waals surface area contributed by atoms with Gasteiger partial charge in [0.15, 0.2) is 5.82 Å². The summed E-state index contributed by atoms with van der Waals surface area (Å²) in [5.74, 6) is 0.830. The molecule has 5 rings (SSSR count). The molecule has 2 fully saturated rings. The standard InChI is InChI=1S/C23H27ClN6O/c24-21-11-5-4-10-20(21)22(23-25-26-27-30(23)17-19-9-6-16-31-19)29-14-12-28(13-15-29)18-7-2-1-3-8-18/h1-5,7-8,10-11,19,22H,6,9,12-17H2. The minimum absolute atomic E-state index is 0.0944. The maximum atomic E-state index is 6.66. The molecule has 2 atom stereocenters. The van der Waals surface area contributed by atoms with Crippen LogP contribution in [-0.4, -0.2) is 64.0 Å². The van der Waals surface area contributed by atoms with E-state index in [9.17, 15) is 0 Å². The van der Waals surface area contributed by atoms with E-state index in [-0.39, 0.29) is 12.1 Å². The summed E-state index contributed by atoms with van der Waals surface area (Å²) in [7, 11) is 0. The van der Waals surface area contributed by atoms with Crippen LogP contribution in [0.15, 0.2) is 54.6 Å². The molecular formula is C23H27ClN6O. The molecule has 0 saturated carbocycles. The number of hydrogen-bond acceptors (Lipinski definition) is 6. The lowest BCUT2D eigenvalue weighted by atomic mass is 10.0. The van der Waals surface area contributed by atoms with E-state index in [0.29, 0.717) is 6.54 Å². The van der Waals surface area contributed by atoms with E-state index >= 15 is 0 Å². The topological polar surface area (TPSA) is 59.3 Å². The minimum Gasteiger partial charge on any atom is -0.376 e. The van der Waals surface area contributed by atoms with Crippen molar-refractivity contribution in [1.82, 2.24) is 25.1 Å². The van der Waals surface area contributed by atoms with Crippen molar-refractivity contribution in [3.63, 3.8) is 0 Å². The maximum absolute atomic E-state index is 6.66. The molecule has 0 bridgehead atoms. The van der Waals surface area contributed by atoms with Gasteiger partial charge in [-0.05, 0) is 47.0 Å². The first-order valence-corrected chi connectivity index (χ1v) is 11.3. The molecule has 0 radical (unpaired) electrons. The quantitative estimate of drug-likeness (QED) is 0.587. The fourth-order valence-electron chi connectivity index (χ4n) is 4.59. The Morgan fingerprint density at radius 3 is 2.52 bits per heavy atom. The van der Waals surface area contributed by atoms with Gasteiger partial charge in [-0.1, -0.05) is 48.0 Å². The van der Waals surface area contributed by atoms with Gasteiger partial charge in [0, 0.05) is 43.5 Å². The average molecular weight is 439 g/mol. The van der Waals surface area contributed by atoms with Gasteiger partial charge in [0.05, 0.1) is 18.7 Å². The smallest absolute Gasteiger partial charge is 0.173 e. The van der Waals surface area contributed by atoms with Crippen LogP contribution in [0.25, 0.3) is 0 Å². The number of piperazine rings is 1. The highest BCUT2D eigenvalue weighted by atomic mass is 35.5. The molecule has 2 saturated heterocycles. The number of para-hydroxylation sites is 1. The SMILES string of the molecule is Clc1ccccc1C(c1nnnn1CC1CCCO1)N1CCN(c2ccccc2)CC1. The van der Waals surface area contributed by atoms with Gasteiger partial charge in [0.2, 0.25) is 0 Å². The number of ether oxygens (including phenoxy) is 1. The van der Waals surface area contributed by atoms with Crippen molar-refractivity contribution in [2.45, 2.75) is 31.5 Å². The Balaban J connectivity index is 1.42. The number of anilines is 1. The van der Waals surface area contributed by atoms with Gasteiger partial charge in [-0.2, -0.15) is 0 Å². The first-order chi connectivity index (χ1) is 15.3. The van der Waals surface area contributed by atoms with Gasteiger partial charge in [0.25, 0.3) is 0 Å². The predicted octanol–water partition coefficient (Wildman–Crippen LogP) is 3.42. The van der Waals surface area contributed by atoms with Crippen LogP contribution in [0, 0.1) is 0 Å². The van der Waals surface area contributed by atoms with E-state index in [1.807, 2.05) is 22.9 Å². The molecule has 0 N–H and O–H groups in total. The second-order valence-corrected chi connectivity index (χ2v) is 8.54. The van der Waals surface area contributed by atoms with Crippen LogP contribution in [0.4, 0.5) is 5.69 Å². The fourth-order valence-corrected chi connectivity index (χ4v) is 4.83. The fraction of sp³-hybridized carbons (Fsp3) is 0.435. The van der Waals surface area contributed by atoms with Crippen LogP contribution in [0.1, 0.15) is 30.3 Å². The molecule has 2 unspecified atom stereocenters. The zero-order chi connectivity index (χ0) is 21.0. The highest BCUT2D eigenvalue weighted by Gasteiger charge is 2.32. The first kappa shape index (κ1) is 20.4. The van der Waals surface area contributed by atoms with Crippen molar-refractivity contribution in [3.8, 4) is 0 Å². The van der Waals surface area contributed by atoms with E-state index in [1.54, 1.807) is 0 Å². The van der Waals surface area contributed by atoms with Crippen LogP contribution in [0.5, 0.6) is 0 Å². The Hall–Kier alpha value is -2.48. The molecule has 0 spiro atoms. The highest BCUT2D eigenvalue weighted by molar-refractivity contribution is 6.31. The lowest BCUT2D eigenvalue weighted by Crippen LogP contribution is -2.48. The Kier molecular flexibility index (Phi) is 6.15. The number of nitrogens with zero attached hydrogens (tertiary/aromatic N) is 6. The van der Waals surface area contributed by atoms with E-state index in [4.69, 9.17) is 16.3 Å². The Bertz CT molecular complexity index is 982. The third-order valence-corrected chi connectivity index (χ3v) is 6.55. The Morgan fingerprint density at radius 2 is 1.77 bits per heavy atom. The normalized spacial score (nSPS) is 20.8. The number of aromatic nitrogens is 4. The summed E-state index contributed by atoms with van der Waals surface area (Å²) >= 11 is 6.66. The van der Waals surface area contributed by atoms with E-state index in [0.717, 1.165) is 62.0 Å². The molecule has 0 amide bonds. The third kappa shape index (κ3) is 4.44. The summed E-state index contributed by atoms with van der Waals surface area (Å²) in [4.78, 5) is 4.87. The number of halogens is 1. The summed E-state index contributed by atoms with van der Waals surface area (Å²) in [6, 6.07) is 18.5. The van der Waals surface area contributed by atoms with Gasteiger partial charge in [-0.25, -0.2) is 4.68 Å². The van der Waals surface area contributed by atoms with E-state index in [2.05, 4.69) is 61.7 Å². The molecule has 3 aromatic rings. The van der Waals surface area contributed by atoms with Gasteiger partial charge in [-0.3, -0.25) is 4.90 Å². The lowest BCUT2D eigenvalue weighted by molar-refractivity contribution is 0.0907. The second-order valence-electron chi connectivity index (χ2n) is 8.14. The second kappa shape index (κ2) is 9.34. The number of tetrazole rings is 1. The van der Waals surface area contributed by atoms with Crippen LogP contribution in [-0.2, 0) is 11.3 Å². The summed E-state index contributed by atoms with van der Waals surface area (Å²) in [5, 5.41) is 13.5. The van der Waals surface area contributed by atoms with Crippen LogP contribution in [0.3, 0.4) is 0 Å². The van der Waals surface area contributed by atoms with Crippen LogP contribution in [0.2, 0.25) is 5.02 Å². The summed E-state index contributed by atoms with van der Waals surface area (Å²) in [6.45, 7) is 5.18. The number of hydrogen-bond donors (Lipinski definition) is 0. The van der Waals surface area contributed by atoms with E-state index in [1.165, 1.54) is 5.69 Å². The molecule has 31 heavy (non-hydrogen) atoms. The Morgan fingerprint density at radius 1 is 1.00 bits per heavy atom. The van der Waals surface area contributed by atoms with Crippen LogP contribution < -0.4 is 4.90 Å². The lowest BCUT2D eigenvalue weighted by Gasteiger charge is -2.40. The maximum Gasteiger partial charge on any atom is 0.173 e. The van der Waals surface area contributed by atoms with Crippen molar-refractivity contribution in [3.05, 3.63) is 71.0 Å². The van der Waals surface area contributed by atoms with Crippen molar-refractivity contribution in [2.24, 2.45) is 0 Å². The van der Waals surface area contributed by atoms with Crippen molar-refractivity contribution in [1.29, 1.82) is 0 Å². The summed E-state index contributed by atoms with van der Waals surface area (Å²) in [6.07, 6.45) is 2.31. The molecular weight excluding hydrogens is 412 g/mol. The van der Waals surface area contributed by atoms with Gasteiger partial charge in [-0.15, -0.1) is 5.10 Å². The first-order valence-electron chi connectivity index (χ1n) is 11.0. The molecule has 2 aliphatic rings. The van der Waals surface area contributed by atoms with Gasteiger partial charge in [0.1, 0.15) is 0 Å². The molecule has 0 aliphatic carbocycles. The van der Waals surface area contributed by atoms with Crippen molar-refractivity contribution >= 4 is 17.3 Å². The molecule has 2 aliphatic heterocycles. The minimum atomic E-state index is -0.0944. The van der Waals surface area contributed by atoms with Crippen molar-refractivity contribution < 1.29 is 4.74 Å². The summed E-state index contributed by atoms with van der Waals surface area (Å²) in [5.41, 5.74) is 2.31. The van der Waals surface area contributed by atoms with Gasteiger partial charge < -0.3 is 9.64 Å². The third-order valence-electron chi connectivity index (χ3n) is 6.21. The van der Waals surface area contributed by atoms with Gasteiger partial charge >= 0.3 is 0 Å². The molecule has 1 aromatic heterocycles. The van der Waals surface area contributed by atoms with Crippen LogP contribution >= 0.6 is 11.6 Å². The molecule has 7 nitrogen and oxygen atoms in total. The zero-order valence-electron chi connectivity index (χ0n) is 17.5. The summed E-state index contributed by atoms with van der Waals surface area (Å²) < 4.78 is 7.75. The number of rotatable bonds is 6. The molecule has 8 heteroatoms. The molecule has 3 heterocycles. The molecule has 162 valence electrons.